The van der Waals surface area contributed by atoms with E-state index in [9.17, 15) is 5.11 Å². The first-order valence-electron chi connectivity index (χ1n) is 7.00. The van der Waals surface area contributed by atoms with Gasteiger partial charge in [-0.3, -0.25) is 0 Å². The largest absolute Gasteiger partial charge is 0.392 e. The van der Waals surface area contributed by atoms with Crippen LogP contribution in [0.15, 0.2) is 66.7 Å². The minimum Gasteiger partial charge on any atom is -0.392 e. The quantitative estimate of drug-likeness (QED) is 0.776. The molecule has 1 heterocycles. The molecular weight excluding hydrogens is 258 g/mol. The van der Waals surface area contributed by atoms with Gasteiger partial charge < -0.3 is 5.11 Å². The van der Waals surface area contributed by atoms with Crippen molar-refractivity contribution in [1.82, 2.24) is 4.98 Å². The molecule has 21 heavy (non-hydrogen) atoms. The van der Waals surface area contributed by atoms with E-state index < -0.39 is 0 Å². The lowest BCUT2D eigenvalue weighted by Crippen LogP contribution is -1.93. The Hall–Kier alpha value is -2.45. The van der Waals surface area contributed by atoms with Crippen LogP contribution in [0.1, 0.15) is 11.1 Å². The second kappa shape index (κ2) is 5.90. The number of hydrogen-bond donors (Lipinski definition) is 1. The van der Waals surface area contributed by atoms with E-state index in [0.717, 1.165) is 28.1 Å². The highest BCUT2D eigenvalue weighted by molar-refractivity contribution is 5.67. The van der Waals surface area contributed by atoms with Gasteiger partial charge in [0.05, 0.1) is 18.0 Å². The van der Waals surface area contributed by atoms with Gasteiger partial charge in [-0.2, -0.15) is 0 Å². The van der Waals surface area contributed by atoms with Crippen LogP contribution in [0.5, 0.6) is 0 Å². The van der Waals surface area contributed by atoms with Crippen molar-refractivity contribution in [2.24, 2.45) is 0 Å². The highest BCUT2D eigenvalue weighted by atomic mass is 16.3. The van der Waals surface area contributed by atoms with E-state index in [1.54, 1.807) is 0 Å². The van der Waals surface area contributed by atoms with Crippen LogP contribution in [-0.2, 0) is 6.61 Å². The molecule has 2 heteroatoms. The summed E-state index contributed by atoms with van der Waals surface area (Å²) >= 11 is 0. The van der Waals surface area contributed by atoms with Gasteiger partial charge in [0.1, 0.15) is 0 Å². The summed E-state index contributed by atoms with van der Waals surface area (Å²) in [5.41, 5.74) is 5.99. The van der Waals surface area contributed by atoms with Crippen LogP contribution in [0, 0.1) is 6.92 Å². The molecule has 0 unspecified atom stereocenters. The first kappa shape index (κ1) is 13.5. The molecule has 1 aromatic heterocycles. The van der Waals surface area contributed by atoms with Crippen molar-refractivity contribution >= 4 is 0 Å². The van der Waals surface area contributed by atoms with Gasteiger partial charge in [0.15, 0.2) is 0 Å². The van der Waals surface area contributed by atoms with E-state index in [0.29, 0.717) is 0 Å². The monoisotopic (exact) mass is 275 g/mol. The molecule has 0 spiro atoms. The molecular formula is C19H17NO. The minimum atomic E-state index is 0.0151. The van der Waals surface area contributed by atoms with Gasteiger partial charge in [-0.15, -0.1) is 0 Å². The highest BCUT2D eigenvalue weighted by Crippen LogP contribution is 2.25. The maximum absolute atomic E-state index is 9.50. The minimum absolute atomic E-state index is 0.0151. The Morgan fingerprint density at radius 2 is 1.38 bits per heavy atom. The Bertz CT molecular complexity index is 733. The molecule has 0 saturated heterocycles. The highest BCUT2D eigenvalue weighted by Gasteiger charge is 2.06. The zero-order valence-electron chi connectivity index (χ0n) is 12.0. The summed E-state index contributed by atoms with van der Waals surface area (Å²) < 4.78 is 0. The number of aryl methyl sites for hydroxylation is 1. The summed E-state index contributed by atoms with van der Waals surface area (Å²) in [4.78, 5) is 4.74. The summed E-state index contributed by atoms with van der Waals surface area (Å²) in [6.45, 7) is 2.08. The number of nitrogens with zero attached hydrogens (tertiary/aromatic N) is 1. The average Bonchev–Trinajstić information content (AvgIpc) is 2.56. The predicted molar refractivity (Wildman–Crippen MR) is 85.8 cm³/mol. The Morgan fingerprint density at radius 3 is 1.95 bits per heavy atom. The van der Waals surface area contributed by atoms with Crippen LogP contribution in [0.2, 0.25) is 0 Å². The molecule has 0 aliphatic heterocycles. The van der Waals surface area contributed by atoms with E-state index in [2.05, 4.69) is 31.2 Å². The van der Waals surface area contributed by atoms with Crippen LogP contribution in [0.3, 0.4) is 0 Å². The zero-order valence-corrected chi connectivity index (χ0v) is 12.0. The fourth-order valence-electron chi connectivity index (χ4n) is 2.31. The number of hydrogen-bond acceptors (Lipinski definition) is 2. The molecule has 0 radical (unpaired) electrons. The lowest BCUT2D eigenvalue weighted by molar-refractivity contribution is 0.282. The lowest BCUT2D eigenvalue weighted by atomic mass is 10.0. The van der Waals surface area contributed by atoms with E-state index in [-0.39, 0.29) is 6.61 Å². The van der Waals surface area contributed by atoms with Crippen molar-refractivity contribution in [2.75, 3.05) is 0 Å². The Morgan fingerprint density at radius 1 is 0.810 bits per heavy atom. The number of aliphatic hydroxyl groups is 1. The average molecular weight is 275 g/mol. The molecule has 3 rings (SSSR count). The molecule has 0 aliphatic carbocycles. The summed E-state index contributed by atoms with van der Waals surface area (Å²) in [5.74, 6) is 0. The van der Waals surface area contributed by atoms with Gasteiger partial charge in [0.2, 0.25) is 0 Å². The molecule has 0 aliphatic rings. The Kier molecular flexibility index (Phi) is 3.80. The molecule has 0 amide bonds. The molecule has 0 fully saturated rings. The number of aromatic nitrogens is 1. The third-order valence-corrected chi connectivity index (χ3v) is 3.48. The van der Waals surface area contributed by atoms with Crippen molar-refractivity contribution in [3.63, 3.8) is 0 Å². The van der Waals surface area contributed by atoms with Gasteiger partial charge in [-0.25, -0.2) is 4.98 Å². The number of benzene rings is 2. The summed E-state index contributed by atoms with van der Waals surface area (Å²) in [6.07, 6.45) is 0. The molecule has 0 atom stereocenters. The van der Waals surface area contributed by atoms with E-state index in [4.69, 9.17) is 4.98 Å². The summed E-state index contributed by atoms with van der Waals surface area (Å²) in [6, 6.07) is 22.2. The zero-order chi connectivity index (χ0) is 14.7. The molecule has 0 bridgehead atoms. The fraction of sp³-hybridized carbons (Fsp3) is 0.105. The molecule has 2 nitrogen and oxygen atoms in total. The van der Waals surface area contributed by atoms with E-state index in [1.165, 1.54) is 5.56 Å². The molecule has 2 aromatic carbocycles. The van der Waals surface area contributed by atoms with Crippen molar-refractivity contribution in [3.05, 3.63) is 77.9 Å². The standard InChI is InChI=1S/C19H17NO/c1-14-7-9-17(10-8-14)19-12-15(13-21)11-18(20-19)16-5-3-2-4-6-16/h2-12,21H,13H2,1H3. The lowest BCUT2D eigenvalue weighted by Gasteiger charge is -2.08. The Balaban J connectivity index is 2.11. The SMILES string of the molecule is Cc1ccc(-c2cc(CO)cc(-c3ccccc3)n2)cc1. The third kappa shape index (κ3) is 3.01. The predicted octanol–water partition coefficient (Wildman–Crippen LogP) is 4.22. The van der Waals surface area contributed by atoms with Crippen LogP contribution in [-0.4, -0.2) is 10.1 Å². The first-order valence-corrected chi connectivity index (χ1v) is 7.00. The Labute approximate surface area is 124 Å². The second-order valence-electron chi connectivity index (χ2n) is 5.14. The smallest absolute Gasteiger partial charge is 0.0713 e. The number of aliphatic hydroxyl groups excluding tert-OH is 1. The molecule has 104 valence electrons. The topological polar surface area (TPSA) is 33.1 Å². The van der Waals surface area contributed by atoms with Gasteiger partial charge in [-0.05, 0) is 24.6 Å². The van der Waals surface area contributed by atoms with Crippen molar-refractivity contribution < 1.29 is 5.11 Å². The normalized spacial score (nSPS) is 10.6. The van der Waals surface area contributed by atoms with E-state index >= 15 is 0 Å². The summed E-state index contributed by atoms with van der Waals surface area (Å²) in [7, 11) is 0. The third-order valence-electron chi connectivity index (χ3n) is 3.48. The second-order valence-corrected chi connectivity index (χ2v) is 5.14. The molecule has 3 aromatic rings. The van der Waals surface area contributed by atoms with Gasteiger partial charge in [0, 0.05) is 11.1 Å². The van der Waals surface area contributed by atoms with Crippen LogP contribution in [0.25, 0.3) is 22.5 Å². The van der Waals surface area contributed by atoms with Crippen LogP contribution >= 0.6 is 0 Å². The number of pyridine rings is 1. The van der Waals surface area contributed by atoms with Gasteiger partial charge >= 0.3 is 0 Å². The number of rotatable bonds is 3. The van der Waals surface area contributed by atoms with Crippen molar-refractivity contribution in [3.8, 4) is 22.5 Å². The van der Waals surface area contributed by atoms with Gasteiger partial charge in [-0.1, -0.05) is 60.2 Å². The maximum Gasteiger partial charge on any atom is 0.0713 e. The van der Waals surface area contributed by atoms with Crippen molar-refractivity contribution in [2.45, 2.75) is 13.5 Å². The maximum atomic E-state index is 9.50. The first-order chi connectivity index (χ1) is 10.3. The van der Waals surface area contributed by atoms with Gasteiger partial charge in [0.25, 0.3) is 0 Å². The van der Waals surface area contributed by atoms with E-state index in [1.807, 2.05) is 42.5 Å². The summed E-state index contributed by atoms with van der Waals surface area (Å²) in [5, 5.41) is 9.50. The van der Waals surface area contributed by atoms with Crippen molar-refractivity contribution in [1.29, 1.82) is 0 Å². The fourth-order valence-corrected chi connectivity index (χ4v) is 2.31. The molecule has 1 N–H and O–H groups in total. The van der Waals surface area contributed by atoms with Crippen LogP contribution < -0.4 is 0 Å². The molecule has 0 saturated carbocycles. The van der Waals surface area contributed by atoms with Crippen LogP contribution in [0.4, 0.5) is 0 Å².